The molecule has 0 aliphatic carbocycles. The van der Waals surface area contributed by atoms with Gasteiger partial charge in [-0.25, -0.2) is 9.78 Å². The second-order valence-electron chi connectivity index (χ2n) is 4.51. The summed E-state index contributed by atoms with van der Waals surface area (Å²) in [4.78, 5) is 15.8. The molecule has 0 spiro atoms. The van der Waals surface area contributed by atoms with E-state index in [-0.39, 0.29) is 6.29 Å². The molecule has 1 unspecified atom stereocenters. The first-order chi connectivity index (χ1) is 9.34. The van der Waals surface area contributed by atoms with Gasteiger partial charge in [0.05, 0.1) is 13.2 Å². The molecule has 19 heavy (non-hydrogen) atoms. The number of rotatable bonds is 4. The van der Waals surface area contributed by atoms with E-state index in [2.05, 4.69) is 4.98 Å². The van der Waals surface area contributed by atoms with Crippen LogP contribution in [0.2, 0.25) is 0 Å². The van der Waals surface area contributed by atoms with Gasteiger partial charge in [0.25, 0.3) is 0 Å². The quantitative estimate of drug-likeness (QED) is 0.837. The summed E-state index contributed by atoms with van der Waals surface area (Å²) in [5, 5.41) is 0. The maximum atomic E-state index is 11.7. The van der Waals surface area contributed by atoms with Crippen molar-refractivity contribution in [3.05, 3.63) is 28.9 Å². The topological polar surface area (TPSA) is 66.5 Å². The number of nitrogens with zero attached hydrogens (tertiary/aromatic N) is 2. The lowest BCUT2D eigenvalue weighted by molar-refractivity contribution is -0.163. The Hall–Kier alpha value is -1.66. The van der Waals surface area contributed by atoms with Gasteiger partial charge < -0.3 is 13.9 Å². The van der Waals surface area contributed by atoms with E-state index in [0.717, 1.165) is 25.9 Å². The summed E-state index contributed by atoms with van der Waals surface area (Å²) in [6.45, 7) is 1.58. The minimum absolute atomic E-state index is 0.143. The summed E-state index contributed by atoms with van der Waals surface area (Å²) in [5.41, 5.74) is 1.06. The van der Waals surface area contributed by atoms with Gasteiger partial charge in [-0.2, -0.15) is 0 Å². The largest absolute Gasteiger partial charge is 0.421 e. The molecule has 0 amide bonds. The Kier molecular flexibility index (Phi) is 3.61. The maximum Gasteiger partial charge on any atom is 0.421 e. The zero-order valence-electron chi connectivity index (χ0n) is 10.6. The fourth-order valence-electron chi connectivity index (χ4n) is 2.22. The van der Waals surface area contributed by atoms with Crippen LogP contribution in [0.4, 0.5) is 0 Å². The number of aromatic nitrogens is 2. The van der Waals surface area contributed by atoms with Crippen molar-refractivity contribution < 1.29 is 13.9 Å². The van der Waals surface area contributed by atoms with Crippen molar-refractivity contribution in [3.8, 4) is 0 Å². The molecule has 0 N–H and O–H groups in total. The van der Waals surface area contributed by atoms with E-state index in [1.807, 2.05) is 0 Å². The number of hydrogen-bond acceptors (Lipinski definition) is 5. The molecule has 0 saturated carbocycles. The average molecular weight is 264 g/mol. The minimum Gasteiger partial charge on any atom is -0.406 e. The smallest absolute Gasteiger partial charge is 0.406 e. The van der Waals surface area contributed by atoms with Crippen molar-refractivity contribution in [2.45, 2.75) is 32.1 Å². The zero-order valence-corrected chi connectivity index (χ0v) is 10.6. The first-order valence-electron chi connectivity index (χ1n) is 6.52. The van der Waals surface area contributed by atoms with E-state index in [1.165, 1.54) is 4.57 Å². The maximum absolute atomic E-state index is 11.7. The third kappa shape index (κ3) is 2.69. The first kappa shape index (κ1) is 12.4. The third-order valence-corrected chi connectivity index (χ3v) is 3.18. The number of ether oxygens (including phenoxy) is 2. The molecule has 0 bridgehead atoms. The SMILES string of the molecule is O=c1oc2cccnc2n1CCOC1CCCCO1. The predicted molar refractivity (Wildman–Crippen MR) is 67.8 cm³/mol. The third-order valence-electron chi connectivity index (χ3n) is 3.18. The Morgan fingerprint density at radius 1 is 1.47 bits per heavy atom. The van der Waals surface area contributed by atoms with Crippen molar-refractivity contribution in [1.82, 2.24) is 9.55 Å². The molecule has 2 aromatic heterocycles. The van der Waals surface area contributed by atoms with E-state index in [1.54, 1.807) is 18.3 Å². The van der Waals surface area contributed by atoms with Crippen LogP contribution >= 0.6 is 0 Å². The fraction of sp³-hybridized carbons (Fsp3) is 0.538. The van der Waals surface area contributed by atoms with Crippen LogP contribution in [0, 0.1) is 0 Å². The summed E-state index contributed by atoms with van der Waals surface area (Å²) >= 11 is 0. The van der Waals surface area contributed by atoms with Crippen molar-refractivity contribution in [2.24, 2.45) is 0 Å². The number of oxazole rings is 1. The Labute approximate surface area is 109 Å². The van der Waals surface area contributed by atoms with Crippen molar-refractivity contribution in [1.29, 1.82) is 0 Å². The highest BCUT2D eigenvalue weighted by Crippen LogP contribution is 2.14. The first-order valence-corrected chi connectivity index (χ1v) is 6.52. The second-order valence-corrected chi connectivity index (χ2v) is 4.51. The molecule has 6 heteroatoms. The van der Waals surface area contributed by atoms with Crippen LogP contribution in [0.25, 0.3) is 11.2 Å². The normalized spacial score (nSPS) is 19.9. The minimum atomic E-state index is -0.401. The molecule has 102 valence electrons. The lowest BCUT2D eigenvalue weighted by Gasteiger charge is -2.22. The molecule has 1 saturated heterocycles. The molecule has 6 nitrogen and oxygen atoms in total. The highest BCUT2D eigenvalue weighted by Gasteiger charge is 2.15. The van der Waals surface area contributed by atoms with Crippen molar-refractivity contribution in [2.75, 3.05) is 13.2 Å². The van der Waals surface area contributed by atoms with Crippen LogP contribution in [0.5, 0.6) is 0 Å². The molecule has 1 atom stereocenters. The Bertz CT molecular complexity index is 598. The Morgan fingerprint density at radius 2 is 2.42 bits per heavy atom. The highest BCUT2D eigenvalue weighted by atomic mass is 16.7. The van der Waals surface area contributed by atoms with Gasteiger partial charge in [-0.05, 0) is 31.4 Å². The van der Waals surface area contributed by atoms with Crippen LogP contribution in [0.15, 0.2) is 27.5 Å². The lowest BCUT2D eigenvalue weighted by atomic mass is 10.2. The van der Waals surface area contributed by atoms with Gasteiger partial charge in [0, 0.05) is 12.8 Å². The monoisotopic (exact) mass is 264 g/mol. The van der Waals surface area contributed by atoms with Crippen LogP contribution < -0.4 is 5.76 Å². The molecular weight excluding hydrogens is 248 g/mol. The van der Waals surface area contributed by atoms with Gasteiger partial charge in [0.2, 0.25) is 0 Å². The Balaban J connectivity index is 1.65. The van der Waals surface area contributed by atoms with Crippen LogP contribution in [-0.4, -0.2) is 29.1 Å². The van der Waals surface area contributed by atoms with Crippen LogP contribution in [0.3, 0.4) is 0 Å². The van der Waals surface area contributed by atoms with E-state index in [9.17, 15) is 4.79 Å². The summed E-state index contributed by atoms with van der Waals surface area (Å²) in [6.07, 6.45) is 4.63. The molecule has 3 heterocycles. The number of fused-ring (bicyclic) bond motifs is 1. The van der Waals surface area contributed by atoms with Gasteiger partial charge in [0.1, 0.15) is 0 Å². The summed E-state index contributed by atoms with van der Waals surface area (Å²) < 4.78 is 17.7. The van der Waals surface area contributed by atoms with Crippen LogP contribution in [0.1, 0.15) is 19.3 Å². The molecule has 2 aromatic rings. The van der Waals surface area contributed by atoms with Gasteiger partial charge in [-0.3, -0.25) is 4.57 Å². The van der Waals surface area contributed by atoms with Crippen molar-refractivity contribution in [3.63, 3.8) is 0 Å². The predicted octanol–water partition coefficient (Wildman–Crippen LogP) is 1.53. The van der Waals surface area contributed by atoms with E-state index >= 15 is 0 Å². The summed E-state index contributed by atoms with van der Waals surface area (Å²) in [6, 6.07) is 3.47. The lowest BCUT2D eigenvalue weighted by Crippen LogP contribution is -2.25. The molecule has 0 radical (unpaired) electrons. The van der Waals surface area contributed by atoms with Gasteiger partial charge >= 0.3 is 5.76 Å². The van der Waals surface area contributed by atoms with Gasteiger partial charge in [-0.1, -0.05) is 0 Å². The molecule has 1 fully saturated rings. The second kappa shape index (κ2) is 5.54. The fourth-order valence-corrected chi connectivity index (χ4v) is 2.22. The highest BCUT2D eigenvalue weighted by molar-refractivity contribution is 5.67. The standard InChI is InChI=1S/C13H16N2O4/c16-13-15(12-10(19-13)4-3-6-14-12)7-9-18-11-5-1-2-8-17-11/h3-4,6,11H,1-2,5,7-9H2. The molecule has 1 aliphatic rings. The molecular formula is C13H16N2O4. The Morgan fingerprint density at radius 3 is 3.26 bits per heavy atom. The average Bonchev–Trinajstić information content (AvgIpc) is 2.76. The van der Waals surface area contributed by atoms with Gasteiger partial charge in [0.15, 0.2) is 17.5 Å². The van der Waals surface area contributed by atoms with Crippen LogP contribution in [-0.2, 0) is 16.0 Å². The molecule has 1 aliphatic heterocycles. The number of pyridine rings is 1. The van der Waals surface area contributed by atoms with Gasteiger partial charge in [-0.15, -0.1) is 0 Å². The molecule has 0 aromatic carbocycles. The number of hydrogen-bond donors (Lipinski definition) is 0. The van der Waals surface area contributed by atoms with E-state index in [4.69, 9.17) is 13.9 Å². The van der Waals surface area contributed by atoms with E-state index in [0.29, 0.717) is 24.4 Å². The van der Waals surface area contributed by atoms with Crippen molar-refractivity contribution >= 4 is 11.2 Å². The molecule has 3 rings (SSSR count). The summed E-state index contributed by atoms with van der Waals surface area (Å²) in [7, 11) is 0. The zero-order chi connectivity index (χ0) is 13.1. The van der Waals surface area contributed by atoms with E-state index < -0.39 is 5.76 Å². The summed E-state index contributed by atoms with van der Waals surface area (Å²) in [5.74, 6) is -0.401.